The first-order chi connectivity index (χ1) is 9.60. The molecule has 1 amide bonds. The van der Waals surface area contributed by atoms with E-state index in [4.69, 9.17) is 26.3 Å². The monoisotopic (exact) mass is 294 g/mol. The van der Waals surface area contributed by atoms with Gasteiger partial charge < -0.3 is 14.4 Å². The number of nitrogens with zero attached hydrogens (tertiary/aromatic N) is 2. The Bertz CT molecular complexity index is 542. The molecular weight excluding hydrogens is 280 g/mol. The van der Waals surface area contributed by atoms with Gasteiger partial charge in [-0.2, -0.15) is 5.26 Å². The molecular formula is C14H15ClN2O3. The predicted octanol–water partition coefficient (Wildman–Crippen LogP) is 1.84. The molecule has 0 saturated carbocycles. The first kappa shape index (κ1) is 14.6. The first-order valence-corrected chi connectivity index (χ1v) is 6.70. The summed E-state index contributed by atoms with van der Waals surface area (Å²) in [6.45, 7) is 3.55. The highest BCUT2D eigenvalue weighted by molar-refractivity contribution is 6.32. The third-order valence-electron chi connectivity index (χ3n) is 3.01. The van der Waals surface area contributed by atoms with Crippen molar-refractivity contribution in [2.24, 2.45) is 0 Å². The van der Waals surface area contributed by atoms with Gasteiger partial charge in [0.15, 0.2) is 6.61 Å². The summed E-state index contributed by atoms with van der Waals surface area (Å²) in [5.41, 5.74) is 0.454. The fraction of sp³-hybridized carbons (Fsp3) is 0.429. The van der Waals surface area contributed by atoms with Gasteiger partial charge in [-0.3, -0.25) is 4.79 Å². The Kier molecular flexibility index (Phi) is 4.83. The summed E-state index contributed by atoms with van der Waals surface area (Å²) in [5.74, 6) is 0.306. The molecule has 0 aliphatic carbocycles. The molecule has 1 aromatic carbocycles. The van der Waals surface area contributed by atoms with Crippen LogP contribution in [0.3, 0.4) is 0 Å². The molecule has 1 aliphatic rings. The van der Waals surface area contributed by atoms with Crippen LogP contribution in [0.15, 0.2) is 18.2 Å². The minimum absolute atomic E-state index is 0.0474. The number of morpholine rings is 1. The number of benzene rings is 1. The fourth-order valence-corrected chi connectivity index (χ4v) is 2.20. The topological polar surface area (TPSA) is 62.6 Å². The molecule has 1 unspecified atom stereocenters. The molecule has 1 fully saturated rings. The van der Waals surface area contributed by atoms with Crippen LogP contribution in [0.4, 0.5) is 0 Å². The Hall–Kier alpha value is -1.77. The number of halogens is 1. The van der Waals surface area contributed by atoms with Gasteiger partial charge in [-0.1, -0.05) is 11.6 Å². The van der Waals surface area contributed by atoms with Crippen LogP contribution in [0.1, 0.15) is 12.5 Å². The number of nitriles is 1. The summed E-state index contributed by atoms with van der Waals surface area (Å²) < 4.78 is 10.8. The van der Waals surface area contributed by atoms with Gasteiger partial charge in [-0.25, -0.2) is 0 Å². The zero-order chi connectivity index (χ0) is 14.5. The average molecular weight is 295 g/mol. The second kappa shape index (κ2) is 6.60. The van der Waals surface area contributed by atoms with Crippen LogP contribution in [-0.2, 0) is 9.53 Å². The van der Waals surface area contributed by atoms with E-state index in [0.29, 0.717) is 36.0 Å². The minimum Gasteiger partial charge on any atom is -0.482 e. The summed E-state index contributed by atoms with van der Waals surface area (Å²) in [6, 6.07) is 6.69. The molecule has 0 aromatic heterocycles. The number of carbonyl (C=O) groups is 1. The van der Waals surface area contributed by atoms with Gasteiger partial charge in [0.25, 0.3) is 5.91 Å². The average Bonchev–Trinajstić information content (AvgIpc) is 2.45. The third-order valence-corrected chi connectivity index (χ3v) is 3.30. The van der Waals surface area contributed by atoms with Gasteiger partial charge in [0.2, 0.25) is 0 Å². The van der Waals surface area contributed by atoms with Crippen molar-refractivity contribution in [2.75, 3.05) is 26.3 Å². The standard InChI is InChI=1S/C14H15ClN2O3/c1-10-8-17(4-5-19-10)14(18)9-20-13-3-2-11(7-16)6-12(13)15/h2-3,6,10H,4-5,8-9H2,1H3. The molecule has 1 atom stereocenters. The first-order valence-electron chi connectivity index (χ1n) is 6.32. The number of ether oxygens (including phenoxy) is 2. The van der Waals surface area contributed by atoms with E-state index in [1.54, 1.807) is 17.0 Å². The lowest BCUT2D eigenvalue weighted by molar-refractivity contribution is -0.140. The maximum absolute atomic E-state index is 12.0. The van der Waals surface area contributed by atoms with E-state index < -0.39 is 0 Å². The number of rotatable bonds is 3. The van der Waals surface area contributed by atoms with Gasteiger partial charge in [-0.05, 0) is 25.1 Å². The summed E-state index contributed by atoms with van der Waals surface area (Å²) in [5, 5.41) is 9.07. The molecule has 0 radical (unpaired) electrons. The van der Waals surface area contributed by atoms with Crippen molar-refractivity contribution in [1.82, 2.24) is 4.90 Å². The minimum atomic E-state index is -0.0967. The van der Waals surface area contributed by atoms with Gasteiger partial charge in [0.05, 0.1) is 29.4 Å². The van der Waals surface area contributed by atoms with Gasteiger partial charge >= 0.3 is 0 Å². The van der Waals surface area contributed by atoms with Crippen LogP contribution in [0, 0.1) is 11.3 Å². The molecule has 0 bridgehead atoms. The molecule has 106 valence electrons. The summed E-state index contributed by atoms with van der Waals surface area (Å²) in [6.07, 6.45) is 0.0474. The van der Waals surface area contributed by atoms with Gasteiger partial charge in [-0.15, -0.1) is 0 Å². The van der Waals surface area contributed by atoms with Crippen LogP contribution in [0.25, 0.3) is 0 Å². The number of carbonyl (C=O) groups excluding carboxylic acids is 1. The fourth-order valence-electron chi connectivity index (χ4n) is 1.96. The summed E-state index contributed by atoms with van der Waals surface area (Å²) in [7, 11) is 0. The van der Waals surface area contributed by atoms with Crippen LogP contribution in [0.2, 0.25) is 5.02 Å². The summed E-state index contributed by atoms with van der Waals surface area (Å²) >= 11 is 5.98. The number of hydrogen-bond acceptors (Lipinski definition) is 4. The Labute approximate surface area is 122 Å². The van der Waals surface area contributed by atoms with E-state index in [1.807, 2.05) is 13.0 Å². The van der Waals surface area contributed by atoms with E-state index in [9.17, 15) is 4.79 Å². The lowest BCUT2D eigenvalue weighted by atomic mass is 10.2. The highest BCUT2D eigenvalue weighted by Gasteiger charge is 2.21. The van der Waals surface area contributed by atoms with Crippen LogP contribution < -0.4 is 4.74 Å². The van der Waals surface area contributed by atoms with Gasteiger partial charge in [0, 0.05) is 13.1 Å². The number of amides is 1. The highest BCUT2D eigenvalue weighted by Crippen LogP contribution is 2.25. The quantitative estimate of drug-likeness (QED) is 0.853. The predicted molar refractivity (Wildman–Crippen MR) is 73.7 cm³/mol. The van der Waals surface area contributed by atoms with Crippen molar-refractivity contribution in [3.8, 4) is 11.8 Å². The maximum atomic E-state index is 12.0. The van der Waals surface area contributed by atoms with Crippen molar-refractivity contribution in [1.29, 1.82) is 5.26 Å². The van der Waals surface area contributed by atoms with E-state index in [1.165, 1.54) is 6.07 Å². The van der Waals surface area contributed by atoms with E-state index in [0.717, 1.165) is 0 Å². The lowest BCUT2D eigenvalue weighted by Gasteiger charge is -2.31. The normalized spacial score (nSPS) is 18.4. The Balaban J connectivity index is 1.92. The zero-order valence-corrected chi connectivity index (χ0v) is 11.9. The van der Waals surface area contributed by atoms with E-state index in [2.05, 4.69) is 0 Å². The molecule has 20 heavy (non-hydrogen) atoms. The van der Waals surface area contributed by atoms with Crippen molar-refractivity contribution in [2.45, 2.75) is 13.0 Å². The maximum Gasteiger partial charge on any atom is 0.260 e. The van der Waals surface area contributed by atoms with E-state index in [-0.39, 0.29) is 18.6 Å². The second-order valence-corrected chi connectivity index (χ2v) is 4.97. The molecule has 5 nitrogen and oxygen atoms in total. The Morgan fingerprint density at radius 3 is 3.10 bits per heavy atom. The third kappa shape index (κ3) is 3.62. The van der Waals surface area contributed by atoms with Crippen molar-refractivity contribution in [3.05, 3.63) is 28.8 Å². The lowest BCUT2D eigenvalue weighted by Crippen LogP contribution is -2.46. The zero-order valence-electron chi connectivity index (χ0n) is 11.1. The molecule has 0 spiro atoms. The van der Waals surface area contributed by atoms with E-state index >= 15 is 0 Å². The molecule has 1 aliphatic heterocycles. The molecule has 1 aromatic rings. The molecule has 6 heteroatoms. The Morgan fingerprint density at radius 1 is 1.65 bits per heavy atom. The smallest absolute Gasteiger partial charge is 0.260 e. The largest absolute Gasteiger partial charge is 0.482 e. The van der Waals surface area contributed by atoms with Crippen LogP contribution >= 0.6 is 11.6 Å². The SMILES string of the molecule is CC1CN(C(=O)COc2ccc(C#N)cc2Cl)CCO1. The van der Waals surface area contributed by atoms with Crippen LogP contribution in [-0.4, -0.2) is 43.2 Å². The molecule has 2 rings (SSSR count). The van der Waals surface area contributed by atoms with Crippen molar-refractivity contribution < 1.29 is 14.3 Å². The van der Waals surface area contributed by atoms with Gasteiger partial charge in [0.1, 0.15) is 5.75 Å². The second-order valence-electron chi connectivity index (χ2n) is 4.57. The molecule has 0 N–H and O–H groups in total. The van der Waals surface area contributed by atoms with Crippen molar-refractivity contribution >= 4 is 17.5 Å². The highest BCUT2D eigenvalue weighted by atomic mass is 35.5. The van der Waals surface area contributed by atoms with Crippen LogP contribution in [0.5, 0.6) is 5.75 Å². The number of hydrogen-bond donors (Lipinski definition) is 0. The Morgan fingerprint density at radius 2 is 2.45 bits per heavy atom. The summed E-state index contributed by atoms with van der Waals surface area (Å²) in [4.78, 5) is 13.7. The van der Waals surface area contributed by atoms with Crippen molar-refractivity contribution in [3.63, 3.8) is 0 Å². The molecule has 1 saturated heterocycles. The molecule has 1 heterocycles.